The highest BCUT2D eigenvalue weighted by molar-refractivity contribution is 6.34. The zero-order valence-electron chi connectivity index (χ0n) is 9.98. The fourth-order valence-corrected chi connectivity index (χ4v) is 2.20. The largest absolute Gasteiger partial charge is 0.319 e. The molecule has 0 fully saturated rings. The van der Waals surface area contributed by atoms with Crippen molar-refractivity contribution in [2.45, 2.75) is 25.9 Å². The molecule has 0 radical (unpaired) electrons. The van der Waals surface area contributed by atoms with E-state index in [4.69, 9.17) is 28.9 Å². The van der Waals surface area contributed by atoms with Crippen LogP contribution >= 0.6 is 23.2 Å². The highest BCUT2D eigenvalue weighted by Crippen LogP contribution is 2.26. The average Bonchev–Trinajstić information content (AvgIpc) is 2.77. The first-order valence-electron chi connectivity index (χ1n) is 5.70. The molecule has 0 aromatic carbocycles. The minimum atomic E-state index is -0.389. The predicted octanol–water partition coefficient (Wildman–Crippen LogP) is 3.04. The van der Waals surface area contributed by atoms with Crippen molar-refractivity contribution in [3.8, 4) is 0 Å². The maximum absolute atomic E-state index is 6.13. The van der Waals surface area contributed by atoms with Gasteiger partial charge in [-0.25, -0.2) is 0 Å². The van der Waals surface area contributed by atoms with Gasteiger partial charge in [-0.05, 0) is 12.5 Å². The van der Waals surface area contributed by atoms with E-state index >= 15 is 0 Å². The van der Waals surface area contributed by atoms with E-state index in [-0.39, 0.29) is 6.04 Å². The highest BCUT2D eigenvalue weighted by Gasteiger charge is 2.16. The number of nitrogens with zero attached hydrogens (tertiary/aromatic N) is 3. The molecule has 0 saturated heterocycles. The first kappa shape index (κ1) is 13.3. The van der Waals surface area contributed by atoms with Gasteiger partial charge in [0.15, 0.2) is 0 Å². The lowest BCUT2D eigenvalue weighted by atomic mass is 10.1. The summed E-state index contributed by atoms with van der Waals surface area (Å²) in [5.41, 5.74) is 7.63. The first-order chi connectivity index (χ1) is 8.61. The van der Waals surface area contributed by atoms with Crippen molar-refractivity contribution >= 4 is 23.2 Å². The molecule has 2 aromatic heterocycles. The third-order valence-electron chi connectivity index (χ3n) is 2.60. The molecular weight excluding hydrogens is 271 g/mol. The minimum absolute atomic E-state index is 0.389. The molecule has 18 heavy (non-hydrogen) atoms. The van der Waals surface area contributed by atoms with Crippen LogP contribution in [0.25, 0.3) is 0 Å². The van der Waals surface area contributed by atoms with Gasteiger partial charge in [0, 0.05) is 24.5 Å². The summed E-state index contributed by atoms with van der Waals surface area (Å²) < 4.78 is 1.86. The second-order valence-electron chi connectivity index (χ2n) is 4.04. The molecular formula is C12H14Cl2N4. The van der Waals surface area contributed by atoms with Crippen LogP contribution in [0.4, 0.5) is 0 Å². The molecule has 4 nitrogen and oxygen atoms in total. The van der Waals surface area contributed by atoms with Gasteiger partial charge in [-0.15, -0.1) is 0 Å². The Balaban J connectivity index is 2.26. The molecule has 0 amide bonds. The minimum Gasteiger partial charge on any atom is -0.319 e. The van der Waals surface area contributed by atoms with Gasteiger partial charge in [0.2, 0.25) is 0 Å². The molecule has 1 atom stereocenters. The molecule has 2 heterocycles. The van der Waals surface area contributed by atoms with Crippen molar-refractivity contribution in [1.29, 1.82) is 0 Å². The van der Waals surface area contributed by atoms with Gasteiger partial charge in [-0.2, -0.15) is 5.10 Å². The monoisotopic (exact) mass is 284 g/mol. The lowest BCUT2D eigenvalue weighted by Gasteiger charge is -2.10. The second kappa shape index (κ2) is 5.69. The smallest absolute Gasteiger partial charge is 0.0804 e. The molecule has 2 rings (SSSR count). The van der Waals surface area contributed by atoms with E-state index in [9.17, 15) is 0 Å². The van der Waals surface area contributed by atoms with E-state index in [1.165, 1.54) is 0 Å². The van der Waals surface area contributed by atoms with E-state index in [2.05, 4.69) is 17.0 Å². The Morgan fingerprint density at radius 1 is 1.39 bits per heavy atom. The van der Waals surface area contributed by atoms with E-state index in [1.54, 1.807) is 18.5 Å². The summed E-state index contributed by atoms with van der Waals surface area (Å²) in [4.78, 5) is 4.18. The van der Waals surface area contributed by atoms with Crippen LogP contribution in [0, 0.1) is 0 Å². The summed E-state index contributed by atoms with van der Waals surface area (Å²) in [5.74, 6) is 0. The summed E-state index contributed by atoms with van der Waals surface area (Å²) in [7, 11) is 0. The topological polar surface area (TPSA) is 56.7 Å². The van der Waals surface area contributed by atoms with Gasteiger partial charge < -0.3 is 5.73 Å². The third-order valence-corrected chi connectivity index (χ3v) is 3.11. The molecule has 0 aliphatic heterocycles. The number of aryl methyl sites for hydroxylation is 1. The van der Waals surface area contributed by atoms with Crippen LogP contribution in [0.2, 0.25) is 10.0 Å². The number of hydrogen-bond donors (Lipinski definition) is 1. The van der Waals surface area contributed by atoms with Crippen LogP contribution in [0.5, 0.6) is 0 Å². The highest BCUT2D eigenvalue weighted by atomic mass is 35.5. The fourth-order valence-electron chi connectivity index (χ4n) is 1.70. The van der Waals surface area contributed by atoms with Crippen molar-refractivity contribution in [3.05, 3.63) is 46.0 Å². The Hall–Kier alpha value is -1.10. The molecule has 96 valence electrons. The van der Waals surface area contributed by atoms with Gasteiger partial charge in [-0.1, -0.05) is 30.1 Å². The zero-order chi connectivity index (χ0) is 13.1. The van der Waals surface area contributed by atoms with Gasteiger partial charge in [0.05, 0.1) is 28.0 Å². The van der Waals surface area contributed by atoms with E-state index in [0.717, 1.165) is 18.5 Å². The predicted molar refractivity (Wildman–Crippen MR) is 72.8 cm³/mol. The van der Waals surface area contributed by atoms with E-state index in [1.807, 2.05) is 10.9 Å². The SMILES string of the molecule is CCCn1cc(C(N)c2ncc(Cl)cc2Cl)cn1. The quantitative estimate of drug-likeness (QED) is 0.939. The number of halogens is 2. The Kier molecular flexibility index (Phi) is 4.22. The third kappa shape index (κ3) is 2.83. The first-order valence-corrected chi connectivity index (χ1v) is 6.46. The molecule has 0 spiro atoms. The van der Waals surface area contributed by atoms with Gasteiger partial charge >= 0.3 is 0 Å². The number of pyridine rings is 1. The van der Waals surface area contributed by atoms with Crippen LogP contribution in [0.15, 0.2) is 24.7 Å². The summed E-state index contributed by atoms with van der Waals surface area (Å²) in [6.45, 7) is 2.97. The Morgan fingerprint density at radius 3 is 2.83 bits per heavy atom. The summed E-state index contributed by atoms with van der Waals surface area (Å²) in [6, 6.07) is 1.25. The van der Waals surface area contributed by atoms with E-state index in [0.29, 0.717) is 15.7 Å². The lowest BCUT2D eigenvalue weighted by molar-refractivity contribution is 0.601. The van der Waals surface area contributed by atoms with Gasteiger partial charge in [-0.3, -0.25) is 9.67 Å². The number of rotatable bonds is 4. The second-order valence-corrected chi connectivity index (χ2v) is 4.88. The zero-order valence-corrected chi connectivity index (χ0v) is 11.5. The van der Waals surface area contributed by atoms with Crippen LogP contribution in [-0.4, -0.2) is 14.8 Å². The molecule has 0 aliphatic rings. The van der Waals surface area contributed by atoms with Crippen molar-refractivity contribution in [2.75, 3.05) is 0 Å². The molecule has 0 saturated carbocycles. The van der Waals surface area contributed by atoms with Crippen molar-refractivity contribution in [2.24, 2.45) is 5.73 Å². The standard InChI is InChI=1S/C12H14Cl2N4/c1-2-3-18-7-8(5-17-18)11(15)12-10(14)4-9(13)6-16-12/h4-7,11H,2-3,15H2,1H3. The number of nitrogens with two attached hydrogens (primary N) is 1. The molecule has 6 heteroatoms. The molecule has 0 bridgehead atoms. The summed E-state index contributed by atoms with van der Waals surface area (Å²) in [5, 5.41) is 5.21. The number of hydrogen-bond acceptors (Lipinski definition) is 3. The fraction of sp³-hybridized carbons (Fsp3) is 0.333. The van der Waals surface area contributed by atoms with Crippen LogP contribution in [-0.2, 0) is 6.54 Å². The Bertz CT molecular complexity index is 539. The van der Waals surface area contributed by atoms with Crippen molar-refractivity contribution < 1.29 is 0 Å². The molecule has 2 N–H and O–H groups in total. The van der Waals surface area contributed by atoms with Crippen LogP contribution in [0.3, 0.4) is 0 Å². The molecule has 0 aliphatic carbocycles. The van der Waals surface area contributed by atoms with E-state index < -0.39 is 0 Å². The molecule has 2 aromatic rings. The van der Waals surface area contributed by atoms with Crippen LogP contribution < -0.4 is 5.73 Å². The number of aromatic nitrogens is 3. The van der Waals surface area contributed by atoms with Gasteiger partial charge in [0.25, 0.3) is 0 Å². The summed E-state index contributed by atoms with van der Waals surface area (Å²) >= 11 is 11.9. The van der Waals surface area contributed by atoms with Gasteiger partial charge in [0.1, 0.15) is 0 Å². The lowest BCUT2D eigenvalue weighted by Crippen LogP contribution is -2.13. The maximum Gasteiger partial charge on any atom is 0.0804 e. The maximum atomic E-state index is 6.13. The Morgan fingerprint density at radius 2 is 2.17 bits per heavy atom. The Labute approximate surface area is 116 Å². The average molecular weight is 285 g/mol. The van der Waals surface area contributed by atoms with Crippen LogP contribution in [0.1, 0.15) is 30.6 Å². The summed E-state index contributed by atoms with van der Waals surface area (Å²) in [6.07, 6.45) is 6.23. The normalized spacial score (nSPS) is 12.7. The molecule has 1 unspecified atom stereocenters. The van der Waals surface area contributed by atoms with Crippen molar-refractivity contribution in [3.63, 3.8) is 0 Å². The van der Waals surface area contributed by atoms with Crippen molar-refractivity contribution in [1.82, 2.24) is 14.8 Å².